The van der Waals surface area contributed by atoms with Gasteiger partial charge in [-0.2, -0.15) is 0 Å². The van der Waals surface area contributed by atoms with Crippen LogP contribution < -0.4 is 11.5 Å². The van der Waals surface area contributed by atoms with Gasteiger partial charge in [0, 0.05) is 36.3 Å². The van der Waals surface area contributed by atoms with E-state index >= 15 is 0 Å². The Labute approximate surface area is 122 Å². The van der Waals surface area contributed by atoms with E-state index in [-0.39, 0.29) is 18.9 Å². The van der Waals surface area contributed by atoms with E-state index < -0.39 is 5.91 Å². The molecule has 2 heterocycles. The van der Waals surface area contributed by atoms with Crippen molar-refractivity contribution in [3.63, 3.8) is 0 Å². The molecule has 0 aliphatic heterocycles. The number of hydrogen-bond donors (Lipinski definition) is 4. The molecule has 0 aromatic carbocycles. The monoisotopic (exact) mass is 290 g/mol. The van der Waals surface area contributed by atoms with E-state index in [1.807, 2.05) is 0 Å². The number of pyridine rings is 2. The summed E-state index contributed by atoms with van der Waals surface area (Å²) in [6.07, 6.45) is 4.55. The number of primary amides is 1. The third-order valence-corrected chi connectivity index (χ3v) is 2.75. The van der Waals surface area contributed by atoms with Gasteiger partial charge in [0.15, 0.2) is 0 Å². The van der Waals surface area contributed by atoms with Crippen molar-refractivity contribution in [3.05, 3.63) is 53.1 Å². The first-order valence-electron chi connectivity index (χ1n) is 6.18. The molecule has 0 aliphatic carbocycles. The molecular weight excluding hydrogens is 272 g/mol. The predicted molar refractivity (Wildman–Crippen MR) is 77.2 cm³/mol. The predicted octanol–water partition coefficient (Wildman–Crippen LogP) is 0.227. The first kappa shape index (κ1) is 16.5. The molecule has 21 heavy (non-hydrogen) atoms. The number of amides is 1. The van der Waals surface area contributed by atoms with Gasteiger partial charge in [-0.05, 0) is 19.1 Å². The van der Waals surface area contributed by atoms with Crippen LogP contribution >= 0.6 is 0 Å². The van der Waals surface area contributed by atoms with E-state index in [0.717, 1.165) is 0 Å². The number of nitrogens with two attached hydrogens (primary N) is 2. The average Bonchev–Trinajstić information content (AvgIpc) is 2.51. The molecule has 7 nitrogen and oxygen atoms in total. The Hall–Kier alpha value is -2.51. The quantitative estimate of drug-likeness (QED) is 0.639. The number of hydrogen-bond acceptors (Lipinski definition) is 6. The van der Waals surface area contributed by atoms with E-state index in [1.165, 1.54) is 12.4 Å². The van der Waals surface area contributed by atoms with Crippen LogP contribution in [0.25, 0.3) is 0 Å². The largest absolute Gasteiger partial charge is 0.506 e. The van der Waals surface area contributed by atoms with Crippen molar-refractivity contribution in [2.75, 3.05) is 0 Å². The van der Waals surface area contributed by atoms with E-state index in [4.69, 9.17) is 16.6 Å². The zero-order chi connectivity index (χ0) is 15.8. The average molecular weight is 290 g/mol. The summed E-state index contributed by atoms with van der Waals surface area (Å²) in [5, 5.41) is 18.3. The fourth-order valence-corrected chi connectivity index (χ4v) is 1.56. The SMILES string of the molecule is Cc1ncc(CO)c(CN)c1O.NC(=O)c1cccnc1. The molecule has 2 aromatic heterocycles. The zero-order valence-electron chi connectivity index (χ0n) is 11.7. The van der Waals surface area contributed by atoms with Crippen molar-refractivity contribution < 1.29 is 15.0 Å². The molecule has 0 fully saturated rings. The van der Waals surface area contributed by atoms with Gasteiger partial charge in [0.05, 0.1) is 17.9 Å². The molecule has 7 heteroatoms. The fraction of sp³-hybridized carbons (Fsp3) is 0.214. The van der Waals surface area contributed by atoms with E-state index in [1.54, 1.807) is 25.3 Å². The van der Waals surface area contributed by atoms with Crippen molar-refractivity contribution in [2.24, 2.45) is 11.5 Å². The summed E-state index contributed by atoms with van der Waals surface area (Å²) < 4.78 is 0. The highest BCUT2D eigenvalue weighted by atomic mass is 16.3. The fourth-order valence-electron chi connectivity index (χ4n) is 1.56. The summed E-state index contributed by atoms with van der Waals surface area (Å²) in [7, 11) is 0. The Kier molecular flexibility index (Phi) is 6.25. The normalized spacial score (nSPS) is 9.67. The van der Waals surface area contributed by atoms with Crippen LogP contribution in [0.2, 0.25) is 0 Å². The summed E-state index contributed by atoms with van der Waals surface area (Å²) in [6.45, 7) is 1.76. The first-order valence-corrected chi connectivity index (χ1v) is 6.18. The van der Waals surface area contributed by atoms with Gasteiger partial charge < -0.3 is 21.7 Å². The number of carbonyl (C=O) groups excluding carboxylic acids is 1. The van der Waals surface area contributed by atoms with Gasteiger partial charge in [0.2, 0.25) is 5.91 Å². The van der Waals surface area contributed by atoms with Crippen molar-refractivity contribution in [1.82, 2.24) is 9.97 Å². The lowest BCUT2D eigenvalue weighted by molar-refractivity contribution is 0.1000. The minimum atomic E-state index is -0.442. The maximum absolute atomic E-state index is 10.4. The zero-order valence-corrected chi connectivity index (χ0v) is 11.7. The Morgan fingerprint density at radius 3 is 2.52 bits per heavy atom. The van der Waals surface area contributed by atoms with Gasteiger partial charge in [-0.15, -0.1) is 0 Å². The molecule has 2 rings (SSSR count). The van der Waals surface area contributed by atoms with E-state index in [0.29, 0.717) is 22.4 Å². The van der Waals surface area contributed by atoms with Crippen molar-refractivity contribution in [1.29, 1.82) is 0 Å². The van der Waals surface area contributed by atoms with Crippen molar-refractivity contribution >= 4 is 5.91 Å². The van der Waals surface area contributed by atoms with Gasteiger partial charge in [0.25, 0.3) is 0 Å². The lowest BCUT2D eigenvalue weighted by Crippen LogP contribution is -2.10. The molecule has 0 unspecified atom stereocenters. The Morgan fingerprint density at radius 2 is 2.10 bits per heavy atom. The van der Waals surface area contributed by atoms with Crippen LogP contribution in [-0.4, -0.2) is 26.1 Å². The lowest BCUT2D eigenvalue weighted by atomic mass is 10.1. The number of nitrogens with zero attached hydrogens (tertiary/aromatic N) is 2. The van der Waals surface area contributed by atoms with Crippen LogP contribution in [0.4, 0.5) is 0 Å². The second-order valence-corrected chi connectivity index (χ2v) is 4.16. The summed E-state index contributed by atoms with van der Waals surface area (Å²) in [5.74, 6) is -0.354. The molecule has 6 N–H and O–H groups in total. The van der Waals surface area contributed by atoms with Crippen LogP contribution in [0.3, 0.4) is 0 Å². The highest BCUT2D eigenvalue weighted by molar-refractivity contribution is 5.92. The highest BCUT2D eigenvalue weighted by Crippen LogP contribution is 2.22. The number of aromatic nitrogens is 2. The Balaban J connectivity index is 0.000000219. The second kappa shape index (κ2) is 7.93. The van der Waals surface area contributed by atoms with Crippen molar-refractivity contribution in [3.8, 4) is 5.75 Å². The molecule has 2 aromatic rings. The smallest absolute Gasteiger partial charge is 0.250 e. The van der Waals surface area contributed by atoms with Crippen LogP contribution in [0.1, 0.15) is 27.2 Å². The molecule has 0 spiro atoms. The Morgan fingerprint density at radius 1 is 1.38 bits per heavy atom. The number of aryl methyl sites for hydroxylation is 1. The van der Waals surface area contributed by atoms with Gasteiger partial charge in [-0.25, -0.2) is 0 Å². The highest BCUT2D eigenvalue weighted by Gasteiger charge is 2.08. The van der Waals surface area contributed by atoms with Gasteiger partial charge in [-0.3, -0.25) is 14.8 Å². The van der Waals surface area contributed by atoms with Crippen LogP contribution in [0, 0.1) is 6.92 Å². The number of aromatic hydroxyl groups is 1. The minimum Gasteiger partial charge on any atom is -0.506 e. The second-order valence-electron chi connectivity index (χ2n) is 4.16. The van der Waals surface area contributed by atoms with Gasteiger partial charge in [0.1, 0.15) is 5.75 Å². The molecular formula is C14H18N4O3. The molecule has 1 amide bonds. The summed E-state index contributed by atoms with van der Waals surface area (Å²) in [4.78, 5) is 18.0. The molecule has 0 aliphatic rings. The van der Waals surface area contributed by atoms with Crippen LogP contribution in [0.15, 0.2) is 30.7 Å². The topological polar surface area (TPSA) is 135 Å². The third kappa shape index (κ3) is 4.51. The van der Waals surface area contributed by atoms with Gasteiger partial charge in [-0.1, -0.05) is 0 Å². The summed E-state index contributed by atoms with van der Waals surface area (Å²) in [5.41, 5.74) is 12.5. The summed E-state index contributed by atoms with van der Waals surface area (Å²) >= 11 is 0. The van der Waals surface area contributed by atoms with Gasteiger partial charge >= 0.3 is 0 Å². The number of aliphatic hydroxyl groups is 1. The standard InChI is InChI=1S/C8H12N2O2.C6H6N2O/c1-5-8(12)7(2-9)6(4-11)3-10-5;7-6(9)5-2-1-3-8-4-5/h3,11-12H,2,4,9H2,1H3;1-4H,(H2,7,9). The maximum atomic E-state index is 10.4. The number of carbonyl (C=O) groups is 1. The number of aliphatic hydroxyl groups excluding tert-OH is 1. The summed E-state index contributed by atoms with van der Waals surface area (Å²) in [6, 6.07) is 3.29. The maximum Gasteiger partial charge on any atom is 0.250 e. The molecule has 0 radical (unpaired) electrons. The molecule has 112 valence electrons. The first-order chi connectivity index (χ1) is 10.0. The lowest BCUT2D eigenvalue weighted by Gasteiger charge is -2.08. The molecule has 0 saturated carbocycles. The number of rotatable bonds is 3. The van der Waals surface area contributed by atoms with Crippen LogP contribution in [0.5, 0.6) is 5.75 Å². The molecule has 0 bridgehead atoms. The Bertz CT molecular complexity index is 603. The molecule has 0 atom stereocenters. The third-order valence-electron chi connectivity index (χ3n) is 2.75. The van der Waals surface area contributed by atoms with Crippen molar-refractivity contribution in [2.45, 2.75) is 20.1 Å². The minimum absolute atomic E-state index is 0.0871. The molecule has 0 saturated heterocycles. The van der Waals surface area contributed by atoms with E-state index in [9.17, 15) is 9.90 Å². The van der Waals surface area contributed by atoms with Crippen LogP contribution in [-0.2, 0) is 13.2 Å². The van der Waals surface area contributed by atoms with E-state index in [2.05, 4.69) is 9.97 Å².